The van der Waals surface area contributed by atoms with Gasteiger partial charge < -0.3 is 9.84 Å². The Balaban J connectivity index is 2.13. The highest BCUT2D eigenvalue weighted by molar-refractivity contribution is 5.45. The second-order valence-electron chi connectivity index (χ2n) is 5.30. The van der Waals surface area contributed by atoms with Crippen LogP contribution in [-0.2, 0) is 6.54 Å². The Bertz CT molecular complexity index is 405. The molecule has 18 heavy (non-hydrogen) atoms. The lowest BCUT2D eigenvalue weighted by Gasteiger charge is -2.38. The Labute approximate surface area is 109 Å². The van der Waals surface area contributed by atoms with Gasteiger partial charge in [0.2, 0.25) is 0 Å². The maximum Gasteiger partial charge on any atom is 0.162 e. The Hall–Kier alpha value is -1.22. The van der Waals surface area contributed by atoms with Crippen LogP contribution in [0.2, 0.25) is 0 Å². The number of para-hydroxylation sites is 1. The van der Waals surface area contributed by atoms with E-state index < -0.39 is 0 Å². The molecule has 1 fully saturated rings. The van der Waals surface area contributed by atoms with Gasteiger partial charge in [-0.1, -0.05) is 19.1 Å². The maximum absolute atomic E-state index is 10.1. The first-order valence-corrected chi connectivity index (χ1v) is 6.72. The van der Waals surface area contributed by atoms with Crippen LogP contribution < -0.4 is 4.74 Å². The lowest BCUT2D eigenvalue weighted by molar-refractivity contribution is 0.105. The van der Waals surface area contributed by atoms with Crippen molar-refractivity contribution in [3.63, 3.8) is 0 Å². The summed E-state index contributed by atoms with van der Waals surface area (Å²) in [5, 5.41) is 10.1. The molecule has 1 aliphatic rings. The third kappa shape index (κ3) is 2.61. The molecule has 2 atom stereocenters. The predicted octanol–water partition coefficient (Wildman–Crippen LogP) is 3.02. The van der Waals surface area contributed by atoms with E-state index in [9.17, 15) is 5.11 Å². The van der Waals surface area contributed by atoms with Crippen LogP contribution in [0, 0.1) is 5.92 Å². The number of piperidine rings is 1. The molecule has 0 spiro atoms. The van der Waals surface area contributed by atoms with E-state index in [4.69, 9.17) is 4.74 Å². The topological polar surface area (TPSA) is 32.7 Å². The van der Waals surface area contributed by atoms with Crippen molar-refractivity contribution in [3.8, 4) is 11.5 Å². The van der Waals surface area contributed by atoms with Gasteiger partial charge in [-0.05, 0) is 38.3 Å². The molecule has 0 radical (unpaired) electrons. The van der Waals surface area contributed by atoms with Gasteiger partial charge in [-0.3, -0.25) is 4.90 Å². The van der Waals surface area contributed by atoms with Crippen LogP contribution in [0.4, 0.5) is 0 Å². The zero-order valence-electron chi connectivity index (χ0n) is 11.5. The molecule has 2 rings (SSSR count). The average molecular weight is 249 g/mol. The van der Waals surface area contributed by atoms with Crippen molar-refractivity contribution in [2.24, 2.45) is 5.92 Å². The number of ether oxygens (including phenoxy) is 1. The molecule has 1 N–H and O–H groups in total. The number of phenolic OH excluding ortho intramolecular Hbond substituents is 1. The van der Waals surface area contributed by atoms with Crippen LogP contribution in [0.3, 0.4) is 0 Å². The lowest BCUT2D eigenvalue weighted by atomic mass is 9.91. The molecule has 1 aliphatic heterocycles. The summed E-state index contributed by atoms with van der Waals surface area (Å²) in [6.07, 6.45) is 2.55. The van der Waals surface area contributed by atoms with Gasteiger partial charge in [0.25, 0.3) is 0 Å². The van der Waals surface area contributed by atoms with Crippen LogP contribution in [0.15, 0.2) is 18.2 Å². The van der Waals surface area contributed by atoms with E-state index in [2.05, 4.69) is 18.7 Å². The van der Waals surface area contributed by atoms with Crippen molar-refractivity contribution in [3.05, 3.63) is 23.8 Å². The first-order valence-electron chi connectivity index (χ1n) is 6.72. The Morgan fingerprint density at radius 1 is 1.39 bits per heavy atom. The minimum Gasteiger partial charge on any atom is -0.504 e. The van der Waals surface area contributed by atoms with Gasteiger partial charge in [0.15, 0.2) is 11.5 Å². The predicted molar refractivity (Wildman–Crippen MR) is 72.9 cm³/mol. The fraction of sp³-hybridized carbons (Fsp3) is 0.600. The SMILES string of the molecule is COc1cccc(CN2CCCC(C)C2C)c1O. The van der Waals surface area contributed by atoms with Gasteiger partial charge in [0.05, 0.1) is 7.11 Å². The zero-order valence-corrected chi connectivity index (χ0v) is 11.5. The van der Waals surface area contributed by atoms with Crippen LogP contribution in [0.5, 0.6) is 11.5 Å². The quantitative estimate of drug-likeness (QED) is 0.893. The number of benzene rings is 1. The molecule has 100 valence electrons. The van der Waals surface area contributed by atoms with Gasteiger partial charge in [-0.25, -0.2) is 0 Å². The summed E-state index contributed by atoms with van der Waals surface area (Å²) in [5.41, 5.74) is 0.954. The zero-order chi connectivity index (χ0) is 13.1. The average Bonchev–Trinajstić information content (AvgIpc) is 2.37. The smallest absolute Gasteiger partial charge is 0.162 e. The van der Waals surface area contributed by atoms with Gasteiger partial charge in [0.1, 0.15) is 0 Å². The highest BCUT2D eigenvalue weighted by atomic mass is 16.5. The second-order valence-corrected chi connectivity index (χ2v) is 5.30. The van der Waals surface area contributed by atoms with Gasteiger partial charge in [-0.15, -0.1) is 0 Å². The summed E-state index contributed by atoms with van der Waals surface area (Å²) < 4.78 is 5.15. The van der Waals surface area contributed by atoms with Crippen molar-refractivity contribution in [2.75, 3.05) is 13.7 Å². The molecule has 3 heteroatoms. The Morgan fingerprint density at radius 3 is 2.89 bits per heavy atom. The largest absolute Gasteiger partial charge is 0.504 e. The van der Waals surface area contributed by atoms with Crippen molar-refractivity contribution >= 4 is 0 Å². The van der Waals surface area contributed by atoms with Gasteiger partial charge in [-0.2, -0.15) is 0 Å². The normalized spacial score (nSPS) is 25.1. The summed E-state index contributed by atoms with van der Waals surface area (Å²) in [5.74, 6) is 1.57. The molecule has 0 amide bonds. The summed E-state index contributed by atoms with van der Waals surface area (Å²) in [6, 6.07) is 6.28. The van der Waals surface area contributed by atoms with Crippen LogP contribution in [-0.4, -0.2) is 29.7 Å². The maximum atomic E-state index is 10.1. The Kier molecular flexibility index (Phi) is 4.12. The molecular weight excluding hydrogens is 226 g/mol. The van der Waals surface area contributed by atoms with Crippen molar-refractivity contribution in [1.29, 1.82) is 0 Å². The summed E-state index contributed by atoms with van der Waals surface area (Å²) >= 11 is 0. The number of phenols is 1. The highest BCUT2D eigenvalue weighted by Crippen LogP contribution is 2.32. The van der Waals surface area contributed by atoms with Crippen molar-refractivity contribution in [1.82, 2.24) is 4.90 Å². The molecule has 0 aliphatic carbocycles. The molecule has 2 unspecified atom stereocenters. The standard InChI is InChI=1S/C15H23NO2/c1-11-6-5-9-16(12(11)2)10-13-7-4-8-14(18-3)15(13)17/h4,7-8,11-12,17H,5-6,9-10H2,1-3H3. The minimum atomic E-state index is 0.283. The molecule has 0 aromatic heterocycles. The van der Waals surface area contributed by atoms with E-state index in [1.807, 2.05) is 12.1 Å². The fourth-order valence-electron chi connectivity index (χ4n) is 2.72. The van der Waals surface area contributed by atoms with Crippen LogP contribution in [0.25, 0.3) is 0 Å². The molecule has 0 bridgehead atoms. The molecule has 1 aromatic rings. The molecule has 3 nitrogen and oxygen atoms in total. The lowest BCUT2D eigenvalue weighted by Crippen LogP contribution is -2.41. The first-order chi connectivity index (χ1) is 8.63. The van der Waals surface area contributed by atoms with E-state index in [1.165, 1.54) is 12.8 Å². The van der Waals surface area contributed by atoms with Crippen molar-refractivity contribution < 1.29 is 9.84 Å². The number of aromatic hydroxyl groups is 1. The summed E-state index contributed by atoms with van der Waals surface area (Å²) in [4.78, 5) is 2.45. The number of nitrogens with zero attached hydrogens (tertiary/aromatic N) is 1. The van der Waals surface area contributed by atoms with Crippen molar-refractivity contribution in [2.45, 2.75) is 39.3 Å². The van der Waals surface area contributed by atoms with E-state index in [0.717, 1.165) is 24.6 Å². The van der Waals surface area contributed by atoms with Gasteiger partial charge in [0, 0.05) is 18.2 Å². The molecule has 1 saturated heterocycles. The minimum absolute atomic E-state index is 0.283. The van der Waals surface area contributed by atoms with Crippen LogP contribution in [0.1, 0.15) is 32.3 Å². The summed E-state index contributed by atoms with van der Waals surface area (Å²) in [6.45, 7) is 6.50. The van der Waals surface area contributed by atoms with Gasteiger partial charge >= 0.3 is 0 Å². The number of rotatable bonds is 3. The van der Waals surface area contributed by atoms with E-state index in [-0.39, 0.29) is 5.75 Å². The molecule has 0 saturated carbocycles. The van der Waals surface area contributed by atoms with E-state index >= 15 is 0 Å². The number of likely N-dealkylation sites (tertiary alicyclic amines) is 1. The molecule has 1 aromatic carbocycles. The third-order valence-corrected chi connectivity index (χ3v) is 4.18. The van der Waals surface area contributed by atoms with Crippen LogP contribution >= 0.6 is 0 Å². The second kappa shape index (κ2) is 5.61. The third-order valence-electron chi connectivity index (χ3n) is 4.18. The first kappa shape index (κ1) is 13.2. The molecular formula is C15H23NO2. The highest BCUT2D eigenvalue weighted by Gasteiger charge is 2.25. The van der Waals surface area contributed by atoms with E-state index in [0.29, 0.717) is 11.8 Å². The fourth-order valence-corrected chi connectivity index (χ4v) is 2.72. The number of hydrogen-bond acceptors (Lipinski definition) is 3. The monoisotopic (exact) mass is 249 g/mol. The van der Waals surface area contributed by atoms with E-state index in [1.54, 1.807) is 13.2 Å². The Morgan fingerprint density at radius 2 is 2.17 bits per heavy atom. The summed E-state index contributed by atoms with van der Waals surface area (Å²) in [7, 11) is 1.59. The number of methoxy groups -OCH3 is 1. The molecule has 1 heterocycles. The number of hydrogen-bond donors (Lipinski definition) is 1.